The number of nitrogens with one attached hydrogen (secondary N) is 1. The predicted octanol–water partition coefficient (Wildman–Crippen LogP) is 2.70. The molecule has 1 atom stereocenters. The van der Waals surface area contributed by atoms with E-state index in [2.05, 4.69) is 33.0 Å². The topological polar surface area (TPSA) is 37.8 Å². The molecular formula is C16H27N3. The summed E-state index contributed by atoms with van der Waals surface area (Å²) in [6.45, 7) is 11.0. The number of rotatable bonds is 5. The average Bonchev–Trinajstić information content (AvgIpc) is 2.36. The maximum atomic E-state index is 4.80. The zero-order chi connectivity index (χ0) is 13.8. The Labute approximate surface area is 117 Å². The van der Waals surface area contributed by atoms with E-state index in [9.17, 15) is 0 Å². The Morgan fingerprint density at radius 3 is 2.79 bits per heavy atom. The zero-order valence-electron chi connectivity index (χ0n) is 12.8. The summed E-state index contributed by atoms with van der Waals surface area (Å²) in [6.07, 6.45) is 4.53. The summed E-state index contributed by atoms with van der Waals surface area (Å²) in [5.41, 5.74) is 3.94. The smallest absolute Gasteiger partial charge is 0.129 e. The van der Waals surface area contributed by atoms with Crippen LogP contribution in [0.4, 0.5) is 0 Å². The third kappa shape index (κ3) is 3.75. The Hall–Kier alpha value is -0.960. The first-order chi connectivity index (χ1) is 9.10. The molecule has 2 rings (SSSR count). The highest BCUT2D eigenvalue weighted by molar-refractivity contribution is 5.28. The largest absolute Gasteiger partial charge is 0.317 e. The zero-order valence-corrected chi connectivity index (χ0v) is 12.8. The van der Waals surface area contributed by atoms with Crippen molar-refractivity contribution in [3.05, 3.63) is 22.8 Å². The van der Waals surface area contributed by atoms with Gasteiger partial charge in [0.25, 0.3) is 0 Å². The number of aryl methyl sites for hydroxylation is 2. The highest BCUT2D eigenvalue weighted by Crippen LogP contribution is 2.26. The Balaban J connectivity index is 2.12. The van der Waals surface area contributed by atoms with Crippen LogP contribution in [0, 0.1) is 18.8 Å². The molecule has 1 aliphatic rings. The number of nitrogens with zero attached hydrogens (tertiary/aromatic N) is 2. The molecule has 0 spiro atoms. The third-order valence-corrected chi connectivity index (χ3v) is 3.90. The van der Waals surface area contributed by atoms with Gasteiger partial charge >= 0.3 is 0 Å². The van der Waals surface area contributed by atoms with Crippen LogP contribution in [0.25, 0.3) is 0 Å². The molecule has 0 saturated carbocycles. The molecule has 3 nitrogen and oxygen atoms in total. The lowest BCUT2D eigenvalue weighted by molar-refractivity contribution is 0.421. The lowest BCUT2D eigenvalue weighted by Crippen LogP contribution is -2.28. The van der Waals surface area contributed by atoms with Crippen molar-refractivity contribution in [3.63, 3.8) is 0 Å². The maximum Gasteiger partial charge on any atom is 0.129 e. The Morgan fingerprint density at radius 2 is 2.11 bits per heavy atom. The molecule has 1 unspecified atom stereocenters. The quantitative estimate of drug-likeness (QED) is 0.885. The highest BCUT2D eigenvalue weighted by atomic mass is 14.9. The monoisotopic (exact) mass is 261 g/mol. The van der Waals surface area contributed by atoms with Crippen molar-refractivity contribution in [1.82, 2.24) is 15.3 Å². The van der Waals surface area contributed by atoms with Crippen molar-refractivity contribution >= 4 is 0 Å². The molecule has 1 aromatic heterocycles. The molecule has 1 heterocycles. The number of fused-ring (bicyclic) bond motifs is 1. The van der Waals surface area contributed by atoms with E-state index in [1.54, 1.807) is 0 Å². The van der Waals surface area contributed by atoms with Crippen molar-refractivity contribution < 1.29 is 0 Å². The first-order valence-corrected chi connectivity index (χ1v) is 7.66. The van der Waals surface area contributed by atoms with E-state index < -0.39 is 0 Å². The highest BCUT2D eigenvalue weighted by Gasteiger charge is 2.22. The molecule has 0 bridgehead atoms. The minimum Gasteiger partial charge on any atom is -0.317 e. The van der Waals surface area contributed by atoms with E-state index in [0.717, 1.165) is 44.1 Å². The molecule has 0 radical (unpaired) electrons. The Bertz CT molecular complexity index is 426. The van der Waals surface area contributed by atoms with Crippen LogP contribution in [0.15, 0.2) is 0 Å². The van der Waals surface area contributed by atoms with Crippen LogP contribution < -0.4 is 5.32 Å². The standard InChI is InChI=1S/C16H27N3/c1-5-17-10-13-6-7-15-14(9-13)12(4)18-16(19-15)8-11(2)3/h11,13,17H,5-10H2,1-4H3. The van der Waals surface area contributed by atoms with Crippen LogP contribution >= 0.6 is 0 Å². The molecule has 19 heavy (non-hydrogen) atoms. The molecule has 0 saturated heterocycles. The van der Waals surface area contributed by atoms with Gasteiger partial charge in [0.1, 0.15) is 5.82 Å². The predicted molar refractivity (Wildman–Crippen MR) is 79.4 cm³/mol. The van der Waals surface area contributed by atoms with Gasteiger partial charge in [-0.2, -0.15) is 0 Å². The summed E-state index contributed by atoms with van der Waals surface area (Å²) in [5, 5.41) is 3.46. The molecular weight excluding hydrogens is 234 g/mol. The molecule has 0 aromatic carbocycles. The summed E-state index contributed by atoms with van der Waals surface area (Å²) >= 11 is 0. The van der Waals surface area contributed by atoms with Crippen LogP contribution in [0.2, 0.25) is 0 Å². The minimum atomic E-state index is 0.627. The molecule has 0 aliphatic heterocycles. The second kappa shape index (κ2) is 6.47. The average molecular weight is 261 g/mol. The summed E-state index contributed by atoms with van der Waals surface area (Å²) in [6, 6.07) is 0. The van der Waals surface area contributed by atoms with Crippen LogP contribution in [0.5, 0.6) is 0 Å². The van der Waals surface area contributed by atoms with Crippen molar-refractivity contribution in [3.8, 4) is 0 Å². The van der Waals surface area contributed by atoms with Gasteiger partial charge in [-0.15, -0.1) is 0 Å². The first-order valence-electron chi connectivity index (χ1n) is 7.66. The van der Waals surface area contributed by atoms with Gasteiger partial charge in [0, 0.05) is 17.8 Å². The third-order valence-electron chi connectivity index (χ3n) is 3.90. The lowest BCUT2D eigenvalue weighted by Gasteiger charge is -2.25. The maximum absolute atomic E-state index is 4.80. The van der Waals surface area contributed by atoms with E-state index in [1.165, 1.54) is 23.4 Å². The van der Waals surface area contributed by atoms with Gasteiger partial charge in [-0.25, -0.2) is 9.97 Å². The van der Waals surface area contributed by atoms with E-state index in [1.807, 2.05) is 0 Å². The lowest BCUT2D eigenvalue weighted by atomic mass is 9.85. The molecule has 3 heteroatoms. The van der Waals surface area contributed by atoms with Crippen molar-refractivity contribution in [1.29, 1.82) is 0 Å². The number of aromatic nitrogens is 2. The fourth-order valence-corrected chi connectivity index (χ4v) is 2.90. The van der Waals surface area contributed by atoms with E-state index in [4.69, 9.17) is 9.97 Å². The normalized spacial score (nSPS) is 18.7. The Morgan fingerprint density at radius 1 is 1.32 bits per heavy atom. The van der Waals surface area contributed by atoms with Gasteiger partial charge in [0.05, 0.1) is 0 Å². The van der Waals surface area contributed by atoms with Crippen LogP contribution in [0.3, 0.4) is 0 Å². The molecule has 1 aromatic rings. The van der Waals surface area contributed by atoms with E-state index in [-0.39, 0.29) is 0 Å². The fourth-order valence-electron chi connectivity index (χ4n) is 2.90. The molecule has 1 aliphatic carbocycles. The van der Waals surface area contributed by atoms with Crippen LogP contribution in [-0.4, -0.2) is 23.1 Å². The van der Waals surface area contributed by atoms with E-state index in [0.29, 0.717) is 5.92 Å². The van der Waals surface area contributed by atoms with Crippen molar-refractivity contribution in [2.24, 2.45) is 11.8 Å². The SMILES string of the molecule is CCNCC1CCc2nc(CC(C)C)nc(C)c2C1. The van der Waals surface area contributed by atoms with Crippen molar-refractivity contribution in [2.75, 3.05) is 13.1 Å². The Kier molecular flexibility index (Phi) is 4.92. The number of hydrogen-bond donors (Lipinski definition) is 1. The summed E-state index contributed by atoms with van der Waals surface area (Å²) in [4.78, 5) is 9.51. The second-order valence-corrected chi connectivity index (χ2v) is 6.16. The van der Waals surface area contributed by atoms with Gasteiger partial charge < -0.3 is 5.32 Å². The van der Waals surface area contributed by atoms with E-state index >= 15 is 0 Å². The molecule has 1 N–H and O–H groups in total. The molecule has 106 valence electrons. The van der Waals surface area contributed by atoms with Gasteiger partial charge in [0.2, 0.25) is 0 Å². The van der Waals surface area contributed by atoms with Crippen molar-refractivity contribution in [2.45, 2.75) is 53.4 Å². The molecule has 0 amide bonds. The van der Waals surface area contributed by atoms with Gasteiger partial charge in [-0.05, 0) is 56.7 Å². The summed E-state index contributed by atoms with van der Waals surface area (Å²) < 4.78 is 0. The van der Waals surface area contributed by atoms with Gasteiger partial charge in [0.15, 0.2) is 0 Å². The summed E-state index contributed by atoms with van der Waals surface area (Å²) in [7, 11) is 0. The first kappa shape index (κ1) is 14.4. The summed E-state index contributed by atoms with van der Waals surface area (Å²) in [5.74, 6) is 2.42. The second-order valence-electron chi connectivity index (χ2n) is 6.16. The van der Waals surface area contributed by atoms with Gasteiger partial charge in [-0.1, -0.05) is 20.8 Å². The van der Waals surface area contributed by atoms with Crippen LogP contribution in [0.1, 0.15) is 50.0 Å². The van der Waals surface area contributed by atoms with Crippen LogP contribution in [-0.2, 0) is 19.3 Å². The fraction of sp³-hybridized carbons (Fsp3) is 0.750. The van der Waals surface area contributed by atoms with Gasteiger partial charge in [-0.3, -0.25) is 0 Å². The minimum absolute atomic E-state index is 0.627. The molecule has 0 fully saturated rings. The number of hydrogen-bond acceptors (Lipinski definition) is 3.